The summed E-state index contributed by atoms with van der Waals surface area (Å²) in [6, 6.07) is 13.0. The van der Waals surface area contributed by atoms with E-state index < -0.39 is 0 Å². The predicted molar refractivity (Wildman–Crippen MR) is 94.7 cm³/mol. The monoisotopic (exact) mass is 289 g/mol. The summed E-state index contributed by atoms with van der Waals surface area (Å²) in [5, 5.41) is 0. The zero-order valence-corrected chi connectivity index (χ0v) is 13.6. The van der Waals surface area contributed by atoms with Crippen LogP contribution >= 0.6 is 0 Å². The Hall–Kier alpha value is -2.15. The second kappa shape index (κ2) is 5.92. The lowest BCUT2D eigenvalue weighted by molar-refractivity contribution is 0.589. The molecule has 0 aliphatic heterocycles. The number of benzene rings is 1. The second-order valence-corrected chi connectivity index (χ2v) is 6.90. The maximum absolute atomic E-state index is 4.57. The van der Waals surface area contributed by atoms with E-state index in [1.54, 1.807) is 0 Å². The standard InChI is InChI=1S/C21H23N/c1-21(2,3)19-12-13-22-20(15-19)18-11-7-10-17(14-18)16-8-5-4-6-9-16/h5,7-15H,4,6H2,1-3H3. The molecule has 3 rings (SSSR count). The van der Waals surface area contributed by atoms with Gasteiger partial charge in [0.1, 0.15) is 0 Å². The number of pyridine rings is 1. The molecule has 0 bridgehead atoms. The number of allylic oxidation sites excluding steroid dienone is 4. The zero-order valence-electron chi connectivity index (χ0n) is 13.6. The van der Waals surface area contributed by atoms with Gasteiger partial charge in [-0.25, -0.2) is 0 Å². The summed E-state index contributed by atoms with van der Waals surface area (Å²) in [6.07, 6.45) is 11.0. The van der Waals surface area contributed by atoms with Crippen molar-refractivity contribution in [2.45, 2.75) is 39.0 Å². The van der Waals surface area contributed by atoms with Crippen LogP contribution in [0.25, 0.3) is 16.8 Å². The maximum atomic E-state index is 4.57. The molecular formula is C21H23N. The lowest BCUT2D eigenvalue weighted by Gasteiger charge is -2.19. The first kappa shape index (κ1) is 14.8. The van der Waals surface area contributed by atoms with Gasteiger partial charge in [-0.2, -0.15) is 0 Å². The first-order chi connectivity index (χ1) is 10.5. The number of rotatable bonds is 2. The summed E-state index contributed by atoms with van der Waals surface area (Å²) in [5.74, 6) is 0. The lowest BCUT2D eigenvalue weighted by Crippen LogP contribution is -2.11. The molecule has 0 atom stereocenters. The van der Waals surface area contributed by atoms with Crippen molar-refractivity contribution in [1.29, 1.82) is 0 Å². The van der Waals surface area contributed by atoms with Gasteiger partial charge in [-0.15, -0.1) is 0 Å². The molecule has 0 saturated carbocycles. The summed E-state index contributed by atoms with van der Waals surface area (Å²) in [6.45, 7) is 6.71. The molecule has 1 aromatic heterocycles. The molecule has 1 aliphatic carbocycles. The van der Waals surface area contributed by atoms with E-state index >= 15 is 0 Å². The van der Waals surface area contributed by atoms with Gasteiger partial charge in [0.2, 0.25) is 0 Å². The van der Waals surface area contributed by atoms with Crippen molar-refractivity contribution >= 4 is 5.57 Å². The summed E-state index contributed by atoms with van der Waals surface area (Å²) >= 11 is 0. The van der Waals surface area contributed by atoms with Crippen molar-refractivity contribution in [2.24, 2.45) is 0 Å². The summed E-state index contributed by atoms with van der Waals surface area (Å²) in [5.41, 5.74) is 6.29. The molecule has 0 amide bonds. The van der Waals surface area contributed by atoms with Crippen molar-refractivity contribution in [3.05, 3.63) is 72.0 Å². The van der Waals surface area contributed by atoms with E-state index in [-0.39, 0.29) is 5.41 Å². The molecule has 0 spiro atoms. The minimum Gasteiger partial charge on any atom is -0.256 e. The molecule has 2 aromatic rings. The summed E-state index contributed by atoms with van der Waals surface area (Å²) in [7, 11) is 0. The zero-order chi connectivity index (χ0) is 15.6. The van der Waals surface area contributed by atoms with E-state index in [0.29, 0.717) is 0 Å². The molecule has 112 valence electrons. The van der Waals surface area contributed by atoms with Gasteiger partial charge < -0.3 is 0 Å². The molecule has 1 aliphatic rings. The van der Waals surface area contributed by atoms with Crippen LogP contribution in [0.1, 0.15) is 44.7 Å². The normalized spacial score (nSPS) is 14.8. The molecule has 1 nitrogen and oxygen atoms in total. The quantitative estimate of drug-likeness (QED) is 0.683. The average Bonchev–Trinajstić information content (AvgIpc) is 2.55. The molecule has 0 fully saturated rings. The third-order valence-electron chi connectivity index (χ3n) is 4.11. The first-order valence-electron chi connectivity index (χ1n) is 7.98. The van der Waals surface area contributed by atoms with Gasteiger partial charge in [0.05, 0.1) is 5.69 Å². The Balaban J connectivity index is 1.99. The third-order valence-corrected chi connectivity index (χ3v) is 4.11. The fourth-order valence-electron chi connectivity index (χ4n) is 2.74. The first-order valence-corrected chi connectivity index (χ1v) is 7.98. The van der Waals surface area contributed by atoms with Crippen LogP contribution in [0.15, 0.2) is 60.8 Å². The highest BCUT2D eigenvalue weighted by Gasteiger charge is 2.14. The van der Waals surface area contributed by atoms with Crippen LogP contribution in [0, 0.1) is 0 Å². The van der Waals surface area contributed by atoms with Gasteiger partial charge in [-0.3, -0.25) is 4.98 Å². The van der Waals surface area contributed by atoms with Crippen LogP contribution in [-0.4, -0.2) is 4.98 Å². The minimum absolute atomic E-state index is 0.143. The van der Waals surface area contributed by atoms with E-state index in [0.717, 1.165) is 18.5 Å². The van der Waals surface area contributed by atoms with E-state index in [2.05, 4.69) is 80.4 Å². The fraction of sp³-hybridized carbons (Fsp3) is 0.286. The number of nitrogens with zero attached hydrogens (tertiary/aromatic N) is 1. The van der Waals surface area contributed by atoms with Crippen LogP contribution in [0.4, 0.5) is 0 Å². The highest BCUT2D eigenvalue weighted by molar-refractivity contribution is 5.77. The van der Waals surface area contributed by atoms with Crippen molar-refractivity contribution < 1.29 is 0 Å². The third kappa shape index (κ3) is 3.19. The Bertz CT molecular complexity index is 730. The van der Waals surface area contributed by atoms with Gasteiger partial charge in [-0.05, 0) is 53.2 Å². The van der Waals surface area contributed by atoms with Crippen LogP contribution in [0.2, 0.25) is 0 Å². The number of hydrogen-bond donors (Lipinski definition) is 0. The Morgan fingerprint density at radius 3 is 2.50 bits per heavy atom. The van der Waals surface area contributed by atoms with Gasteiger partial charge in [0.15, 0.2) is 0 Å². The van der Waals surface area contributed by atoms with Gasteiger partial charge in [0, 0.05) is 11.8 Å². The second-order valence-electron chi connectivity index (χ2n) is 6.90. The molecule has 1 heteroatoms. The minimum atomic E-state index is 0.143. The van der Waals surface area contributed by atoms with Crippen LogP contribution in [-0.2, 0) is 5.41 Å². The SMILES string of the molecule is CC(C)(C)c1ccnc(-c2cccc(C3=CCCC=C3)c2)c1. The highest BCUT2D eigenvalue weighted by Crippen LogP contribution is 2.28. The van der Waals surface area contributed by atoms with Crippen molar-refractivity contribution in [1.82, 2.24) is 4.98 Å². The van der Waals surface area contributed by atoms with Crippen molar-refractivity contribution in [3.63, 3.8) is 0 Å². The van der Waals surface area contributed by atoms with Gasteiger partial charge >= 0.3 is 0 Å². The Morgan fingerprint density at radius 2 is 1.77 bits per heavy atom. The topological polar surface area (TPSA) is 12.9 Å². The Labute approximate surface area is 133 Å². The highest BCUT2D eigenvalue weighted by atomic mass is 14.7. The fourth-order valence-corrected chi connectivity index (χ4v) is 2.74. The summed E-state index contributed by atoms with van der Waals surface area (Å²) < 4.78 is 0. The molecule has 1 aromatic carbocycles. The van der Waals surface area contributed by atoms with Crippen molar-refractivity contribution in [2.75, 3.05) is 0 Å². The van der Waals surface area contributed by atoms with Gasteiger partial charge in [-0.1, -0.05) is 57.2 Å². The molecule has 0 saturated heterocycles. The molecule has 22 heavy (non-hydrogen) atoms. The summed E-state index contributed by atoms with van der Waals surface area (Å²) in [4.78, 5) is 4.57. The molecular weight excluding hydrogens is 266 g/mol. The number of aromatic nitrogens is 1. The number of hydrogen-bond acceptors (Lipinski definition) is 1. The smallest absolute Gasteiger partial charge is 0.0705 e. The maximum Gasteiger partial charge on any atom is 0.0705 e. The molecule has 1 heterocycles. The Morgan fingerprint density at radius 1 is 0.955 bits per heavy atom. The van der Waals surface area contributed by atoms with E-state index in [4.69, 9.17) is 0 Å². The molecule has 0 N–H and O–H groups in total. The van der Waals surface area contributed by atoms with E-state index in [1.165, 1.54) is 22.3 Å². The van der Waals surface area contributed by atoms with Gasteiger partial charge in [0.25, 0.3) is 0 Å². The molecule has 0 radical (unpaired) electrons. The average molecular weight is 289 g/mol. The lowest BCUT2D eigenvalue weighted by atomic mass is 9.87. The predicted octanol–water partition coefficient (Wildman–Crippen LogP) is 5.78. The molecule has 0 unspecified atom stereocenters. The van der Waals surface area contributed by atoms with Crippen LogP contribution in [0.5, 0.6) is 0 Å². The van der Waals surface area contributed by atoms with Crippen LogP contribution in [0.3, 0.4) is 0 Å². The largest absolute Gasteiger partial charge is 0.256 e. The van der Waals surface area contributed by atoms with Crippen LogP contribution < -0.4 is 0 Å². The van der Waals surface area contributed by atoms with Crippen molar-refractivity contribution in [3.8, 4) is 11.3 Å². The van der Waals surface area contributed by atoms with E-state index in [9.17, 15) is 0 Å². The Kier molecular flexibility index (Phi) is 3.98. The van der Waals surface area contributed by atoms with E-state index in [1.807, 2.05) is 6.20 Å².